The third-order valence-corrected chi connectivity index (χ3v) is 3.46. The first kappa shape index (κ1) is 13.4. The molecule has 0 amide bonds. The number of piperazine rings is 1. The first-order chi connectivity index (χ1) is 8.70. The van der Waals surface area contributed by atoms with Gasteiger partial charge in [0.25, 0.3) is 0 Å². The third-order valence-electron chi connectivity index (χ3n) is 3.46. The van der Waals surface area contributed by atoms with Crippen molar-refractivity contribution in [3.05, 3.63) is 35.4 Å². The second-order valence-electron chi connectivity index (χ2n) is 4.87. The SMILES string of the molecule is CCCC1CNCCN1Cc1ccc(F)c(F)c1. The van der Waals surface area contributed by atoms with Crippen LogP contribution in [0.3, 0.4) is 0 Å². The lowest BCUT2D eigenvalue weighted by Gasteiger charge is -2.36. The first-order valence-electron chi connectivity index (χ1n) is 6.59. The van der Waals surface area contributed by atoms with Crippen molar-refractivity contribution in [2.45, 2.75) is 32.4 Å². The summed E-state index contributed by atoms with van der Waals surface area (Å²) in [5.41, 5.74) is 0.844. The molecule has 1 aromatic rings. The van der Waals surface area contributed by atoms with Gasteiger partial charge in [0, 0.05) is 32.2 Å². The fraction of sp³-hybridized carbons (Fsp3) is 0.571. The zero-order valence-electron chi connectivity index (χ0n) is 10.8. The van der Waals surface area contributed by atoms with Gasteiger partial charge < -0.3 is 5.32 Å². The molecule has 1 heterocycles. The molecule has 2 rings (SSSR count). The van der Waals surface area contributed by atoms with Crippen molar-refractivity contribution >= 4 is 0 Å². The third kappa shape index (κ3) is 3.27. The van der Waals surface area contributed by atoms with Crippen LogP contribution >= 0.6 is 0 Å². The van der Waals surface area contributed by atoms with E-state index in [1.54, 1.807) is 6.07 Å². The van der Waals surface area contributed by atoms with Gasteiger partial charge >= 0.3 is 0 Å². The molecule has 0 saturated carbocycles. The van der Waals surface area contributed by atoms with Gasteiger partial charge in [-0.25, -0.2) is 8.78 Å². The Morgan fingerprint density at radius 3 is 2.89 bits per heavy atom. The molecule has 0 bridgehead atoms. The van der Waals surface area contributed by atoms with Crippen molar-refractivity contribution < 1.29 is 8.78 Å². The molecule has 1 unspecified atom stereocenters. The smallest absolute Gasteiger partial charge is 0.159 e. The summed E-state index contributed by atoms with van der Waals surface area (Å²) in [5, 5.41) is 3.38. The predicted octanol–water partition coefficient (Wildman–Crippen LogP) is 2.54. The Morgan fingerprint density at radius 2 is 2.17 bits per heavy atom. The van der Waals surface area contributed by atoms with E-state index in [0.717, 1.165) is 38.0 Å². The molecule has 18 heavy (non-hydrogen) atoms. The van der Waals surface area contributed by atoms with Crippen molar-refractivity contribution in [3.8, 4) is 0 Å². The lowest BCUT2D eigenvalue weighted by atomic mass is 10.1. The first-order valence-corrected chi connectivity index (χ1v) is 6.59. The maximum absolute atomic E-state index is 13.2. The number of hydrogen-bond acceptors (Lipinski definition) is 2. The van der Waals surface area contributed by atoms with Gasteiger partial charge in [-0.2, -0.15) is 0 Å². The zero-order valence-corrected chi connectivity index (χ0v) is 10.8. The number of rotatable bonds is 4. The number of hydrogen-bond donors (Lipinski definition) is 1. The number of halogens is 2. The van der Waals surface area contributed by atoms with E-state index in [0.29, 0.717) is 12.6 Å². The van der Waals surface area contributed by atoms with E-state index in [2.05, 4.69) is 17.1 Å². The molecule has 100 valence electrons. The van der Waals surface area contributed by atoms with Crippen LogP contribution in [0.4, 0.5) is 8.78 Å². The number of nitrogens with zero attached hydrogens (tertiary/aromatic N) is 1. The summed E-state index contributed by atoms with van der Waals surface area (Å²) < 4.78 is 26.0. The van der Waals surface area contributed by atoms with Gasteiger partial charge in [-0.1, -0.05) is 19.4 Å². The second-order valence-corrected chi connectivity index (χ2v) is 4.87. The summed E-state index contributed by atoms with van der Waals surface area (Å²) in [6.07, 6.45) is 2.28. The maximum Gasteiger partial charge on any atom is 0.159 e. The molecular formula is C14H20F2N2. The van der Waals surface area contributed by atoms with Crippen LogP contribution in [0.15, 0.2) is 18.2 Å². The molecule has 4 heteroatoms. The van der Waals surface area contributed by atoms with Crippen molar-refractivity contribution in [2.24, 2.45) is 0 Å². The normalized spacial score (nSPS) is 21.2. The van der Waals surface area contributed by atoms with E-state index in [4.69, 9.17) is 0 Å². The van der Waals surface area contributed by atoms with Gasteiger partial charge in [0.1, 0.15) is 0 Å². The topological polar surface area (TPSA) is 15.3 Å². The van der Waals surface area contributed by atoms with Gasteiger partial charge in [-0.3, -0.25) is 4.90 Å². The van der Waals surface area contributed by atoms with E-state index in [-0.39, 0.29) is 0 Å². The Bertz CT molecular complexity index is 393. The summed E-state index contributed by atoms with van der Waals surface area (Å²) in [6.45, 7) is 5.78. The Balaban J connectivity index is 2.03. The summed E-state index contributed by atoms with van der Waals surface area (Å²) in [6, 6.07) is 4.68. The summed E-state index contributed by atoms with van der Waals surface area (Å²) in [4.78, 5) is 2.35. The van der Waals surface area contributed by atoms with Gasteiger partial charge in [0.15, 0.2) is 11.6 Å². The fourth-order valence-corrected chi connectivity index (χ4v) is 2.50. The largest absolute Gasteiger partial charge is 0.314 e. The Morgan fingerprint density at radius 1 is 1.33 bits per heavy atom. The van der Waals surface area contributed by atoms with Crippen LogP contribution in [0.1, 0.15) is 25.3 Å². The van der Waals surface area contributed by atoms with E-state index in [9.17, 15) is 8.78 Å². The van der Waals surface area contributed by atoms with Gasteiger partial charge in [-0.15, -0.1) is 0 Å². The van der Waals surface area contributed by atoms with Gasteiger partial charge in [-0.05, 0) is 24.1 Å². The molecule has 1 aliphatic rings. The summed E-state index contributed by atoms with van der Waals surface area (Å²) in [5.74, 6) is -1.53. The Labute approximate surface area is 107 Å². The van der Waals surface area contributed by atoms with Gasteiger partial charge in [0.05, 0.1) is 0 Å². The van der Waals surface area contributed by atoms with E-state index < -0.39 is 11.6 Å². The molecule has 1 atom stereocenters. The average molecular weight is 254 g/mol. The molecular weight excluding hydrogens is 234 g/mol. The molecule has 1 fully saturated rings. The van der Waals surface area contributed by atoms with Crippen molar-refractivity contribution in [3.63, 3.8) is 0 Å². The predicted molar refractivity (Wildman–Crippen MR) is 68.3 cm³/mol. The highest BCUT2D eigenvalue weighted by molar-refractivity contribution is 5.17. The summed E-state index contributed by atoms with van der Waals surface area (Å²) in [7, 11) is 0. The molecule has 1 aliphatic heterocycles. The summed E-state index contributed by atoms with van der Waals surface area (Å²) >= 11 is 0. The monoisotopic (exact) mass is 254 g/mol. The molecule has 1 N–H and O–H groups in total. The van der Waals surface area contributed by atoms with Crippen LogP contribution < -0.4 is 5.32 Å². The van der Waals surface area contributed by atoms with Crippen LogP contribution in [-0.2, 0) is 6.54 Å². The van der Waals surface area contributed by atoms with Crippen molar-refractivity contribution in [1.82, 2.24) is 10.2 Å². The number of benzene rings is 1. The lowest BCUT2D eigenvalue weighted by molar-refractivity contribution is 0.144. The van der Waals surface area contributed by atoms with E-state index >= 15 is 0 Å². The quantitative estimate of drug-likeness (QED) is 0.888. The van der Waals surface area contributed by atoms with Crippen LogP contribution in [0, 0.1) is 11.6 Å². The molecule has 0 radical (unpaired) electrons. The van der Waals surface area contributed by atoms with Crippen molar-refractivity contribution in [2.75, 3.05) is 19.6 Å². The highest BCUT2D eigenvalue weighted by Crippen LogP contribution is 2.16. The molecule has 1 saturated heterocycles. The molecule has 2 nitrogen and oxygen atoms in total. The molecule has 0 spiro atoms. The highest BCUT2D eigenvalue weighted by Gasteiger charge is 2.21. The minimum Gasteiger partial charge on any atom is -0.314 e. The van der Waals surface area contributed by atoms with Crippen LogP contribution in [-0.4, -0.2) is 30.6 Å². The lowest BCUT2D eigenvalue weighted by Crippen LogP contribution is -2.50. The number of nitrogens with one attached hydrogen (secondary N) is 1. The van der Waals surface area contributed by atoms with Crippen molar-refractivity contribution in [1.29, 1.82) is 0 Å². The highest BCUT2D eigenvalue weighted by atomic mass is 19.2. The fourth-order valence-electron chi connectivity index (χ4n) is 2.50. The zero-order chi connectivity index (χ0) is 13.0. The minimum atomic E-state index is -0.774. The van der Waals surface area contributed by atoms with E-state index in [1.807, 2.05) is 0 Å². The maximum atomic E-state index is 13.2. The van der Waals surface area contributed by atoms with Crippen LogP contribution in [0.2, 0.25) is 0 Å². The minimum absolute atomic E-state index is 0.497. The molecule has 0 aromatic heterocycles. The average Bonchev–Trinajstić information content (AvgIpc) is 2.37. The standard InChI is InChI=1S/C14H20F2N2/c1-2-3-12-9-17-6-7-18(12)10-11-4-5-13(15)14(16)8-11/h4-5,8,12,17H,2-3,6-7,9-10H2,1H3. The van der Waals surface area contributed by atoms with Crippen LogP contribution in [0.25, 0.3) is 0 Å². The second kappa shape index (κ2) is 6.25. The molecule has 0 aliphatic carbocycles. The Hall–Kier alpha value is -1.00. The van der Waals surface area contributed by atoms with E-state index in [1.165, 1.54) is 12.1 Å². The van der Waals surface area contributed by atoms with Crippen LogP contribution in [0.5, 0.6) is 0 Å². The Kier molecular flexibility index (Phi) is 4.66. The molecule has 1 aromatic carbocycles. The van der Waals surface area contributed by atoms with Gasteiger partial charge in [0.2, 0.25) is 0 Å².